The number of nitrogens with one attached hydrogen (secondary N) is 1. The molecule has 0 atom stereocenters. The van der Waals surface area contributed by atoms with Crippen LogP contribution in [0.1, 0.15) is 13.3 Å². The Kier molecular flexibility index (Phi) is 6.97. The lowest BCUT2D eigenvalue weighted by atomic mass is 10.2. The van der Waals surface area contributed by atoms with E-state index < -0.39 is 0 Å². The van der Waals surface area contributed by atoms with Gasteiger partial charge in [-0.3, -0.25) is 0 Å². The fraction of sp³-hybridized carbons (Fsp3) is 0.263. The number of nitrogens with zero attached hydrogens (tertiary/aromatic N) is 2. The molecule has 1 heterocycles. The second-order valence-corrected chi connectivity index (χ2v) is 5.26. The first-order chi connectivity index (χ1) is 11.4. The van der Waals surface area contributed by atoms with Crippen molar-refractivity contribution in [3.05, 3.63) is 54.6 Å². The zero-order valence-corrected chi connectivity index (χ0v) is 14.5. The third-order valence-corrected chi connectivity index (χ3v) is 3.60. The maximum absolute atomic E-state index is 5.38. The Morgan fingerprint density at radius 3 is 2.50 bits per heavy atom. The second-order valence-electron chi connectivity index (χ2n) is 5.26. The standard InChI is InChI=1S/C19H21N3O.ClH/c1-2-23-14-8-13-20-19-16-11-6-7-12-17(16)21-18(22-19)15-9-4-3-5-10-15;/h3-7,9-12H,2,8,13-14H2,1H3,(H,20,21,22);1H/p-1. The molecule has 126 valence electrons. The van der Waals surface area contributed by atoms with Crippen LogP contribution in [0, 0.1) is 0 Å². The molecule has 3 aromatic rings. The van der Waals surface area contributed by atoms with E-state index in [0.717, 1.165) is 54.3 Å². The minimum atomic E-state index is 0. The van der Waals surface area contributed by atoms with Gasteiger partial charge in [0.25, 0.3) is 0 Å². The smallest absolute Gasteiger partial charge is 0.162 e. The average Bonchev–Trinajstić information content (AvgIpc) is 2.62. The largest absolute Gasteiger partial charge is 1.00 e. The van der Waals surface area contributed by atoms with Gasteiger partial charge in [0.15, 0.2) is 5.82 Å². The summed E-state index contributed by atoms with van der Waals surface area (Å²) in [7, 11) is 0. The molecular formula is C19H21ClN3O-. The predicted octanol–water partition coefficient (Wildman–Crippen LogP) is 1.14. The van der Waals surface area contributed by atoms with E-state index in [-0.39, 0.29) is 12.4 Å². The van der Waals surface area contributed by atoms with Crippen molar-refractivity contribution in [2.45, 2.75) is 13.3 Å². The van der Waals surface area contributed by atoms with Crippen LogP contribution in [0.3, 0.4) is 0 Å². The summed E-state index contributed by atoms with van der Waals surface area (Å²) in [5.41, 5.74) is 1.98. The van der Waals surface area contributed by atoms with E-state index in [0.29, 0.717) is 0 Å². The third-order valence-electron chi connectivity index (χ3n) is 3.60. The highest BCUT2D eigenvalue weighted by atomic mass is 35.5. The van der Waals surface area contributed by atoms with Gasteiger partial charge in [-0.25, -0.2) is 9.97 Å². The van der Waals surface area contributed by atoms with Gasteiger partial charge in [-0.05, 0) is 25.5 Å². The predicted molar refractivity (Wildman–Crippen MR) is 94.6 cm³/mol. The molecule has 0 aliphatic rings. The molecule has 24 heavy (non-hydrogen) atoms. The van der Waals surface area contributed by atoms with Crippen molar-refractivity contribution in [1.82, 2.24) is 9.97 Å². The average molecular weight is 343 g/mol. The van der Waals surface area contributed by atoms with Crippen molar-refractivity contribution in [2.75, 3.05) is 25.1 Å². The summed E-state index contributed by atoms with van der Waals surface area (Å²) in [6.45, 7) is 4.36. The lowest BCUT2D eigenvalue weighted by molar-refractivity contribution is -0.00000559. The molecule has 0 bridgehead atoms. The molecule has 0 fully saturated rings. The number of para-hydroxylation sites is 1. The lowest BCUT2D eigenvalue weighted by Gasteiger charge is -2.11. The number of hydrogen-bond donors (Lipinski definition) is 1. The van der Waals surface area contributed by atoms with Gasteiger partial charge in [0.2, 0.25) is 0 Å². The van der Waals surface area contributed by atoms with Gasteiger partial charge < -0.3 is 22.5 Å². The number of hydrogen-bond acceptors (Lipinski definition) is 4. The first-order valence-corrected chi connectivity index (χ1v) is 8.02. The summed E-state index contributed by atoms with van der Waals surface area (Å²) in [6.07, 6.45) is 0.951. The SMILES string of the molecule is CCOCCCNc1nc(-c2ccccc2)nc2ccccc12.[Cl-]. The topological polar surface area (TPSA) is 47.0 Å². The summed E-state index contributed by atoms with van der Waals surface area (Å²) in [4.78, 5) is 9.41. The number of ether oxygens (including phenoxy) is 1. The Bertz CT molecular complexity index is 765. The summed E-state index contributed by atoms with van der Waals surface area (Å²) in [5.74, 6) is 1.63. The Morgan fingerprint density at radius 2 is 1.71 bits per heavy atom. The van der Waals surface area contributed by atoms with Crippen molar-refractivity contribution >= 4 is 16.7 Å². The first-order valence-electron chi connectivity index (χ1n) is 8.02. The minimum Gasteiger partial charge on any atom is -1.00 e. The molecule has 0 aliphatic carbocycles. The van der Waals surface area contributed by atoms with Gasteiger partial charge in [-0.1, -0.05) is 42.5 Å². The van der Waals surface area contributed by atoms with Gasteiger partial charge in [0.05, 0.1) is 5.52 Å². The third kappa shape index (κ3) is 4.43. The molecule has 1 aromatic heterocycles. The van der Waals surface area contributed by atoms with Crippen molar-refractivity contribution in [3.8, 4) is 11.4 Å². The number of aromatic nitrogens is 2. The molecule has 0 aliphatic heterocycles. The van der Waals surface area contributed by atoms with Crippen LogP contribution in [0.15, 0.2) is 54.6 Å². The number of rotatable bonds is 7. The van der Waals surface area contributed by atoms with Crippen molar-refractivity contribution in [2.24, 2.45) is 0 Å². The Morgan fingerprint density at radius 1 is 0.958 bits per heavy atom. The second kappa shape index (κ2) is 9.21. The van der Waals surface area contributed by atoms with Crippen LogP contribution in [-0.4, -0.2) is 29.7 Å². The van der Waals surface area contributed by atoms with Crippen molar-refractivity contribution < 1.29 is 17.1 Å². The first kappa shape index (κ1) is 18.2. The van der Waals surface area contributed by atoms with Gasteiger partial charge in [-0.2, -0.15) is 0 Å². The normalized spacial score (nSPS) is 10.4. The van der Waals surface area contributed by atoms with Gasteiger partial charge in [0, 0.05) is 30.7 Å². The van der Waals surface area contributed by atoms with Crippen LogP contribution < -0.4 is 17.7 Å². The highest BCUT2D eigenvalue weighted by Gasteiger charge is 2.08. The molecular weight excluding hydrogens is 322 g/mol. The molecule has 2 aromatic carbocycles. The molecule has 0 radical (unpaired) electrons. The minimum absolute atomic E-state index is 0. The Labute approximate surface area is 148 Å². The molecule has 0 saturated heterocycles. The van der Waals surface area contributed by atoms with Crippen LogP contribution in [-0.2, 0) is 4.74 Å². The van der Waals surface area contributed by atoms with Gasteiger partial charge in [0.1, 0.15) is 5.82 Å². The zero-order chi connectivity index (χ0) is 15.9. The van der Waals surface area contributed by atoms with E-state index in [4.69, 9.17) is 9.72 Å². The van der Waals surface area contributed by atoms with Crippen molar-refractivity contribution in [1.29, 1.82) is 0 Å². The van der Waals surface area contributed by atoms with E-state index in [2.05, 4.69) is 16.4 Å². The number of halogens is 1. The summed E-state index contributed by atoms with van der Waals surface area (Å²) in [6, 6.07) is 18.2. The fourth-order valence-electron chi connectivity index (χ4n) is 2.45. The number of anilines is 1. The summed E-state index contributed by atoms with van der Waals surface area (Å²) >= 11 is 0. The zero-order valence-electron chi connectivity index (χ0n) is 13.7. The van der Waals surface area contributed by atoms with E-state index in [1.165, 1.54) is 0 Å². The molecule has 0 saturated carbocycles. The molecule has 4 nitrogen and oxygen atoms in total. The molecule has 3 rings (SSSR count). The fourth-order valence-corrected chi connectivity index (χ4v) is 2.45. The highest BCUT2D eigenvalue weighted by Crippen LogP contribution is 2.24. The van der Waals surface area contributed by atoms with Gasteiger partial charge in [-0.15, -0.1) is 0 Å². The van der Waals surface area contributed by atoms with Crippen LogP contribution in [0.2, 0.25) is 0 Å². The summed E-state index contributed by atoms with van der Waals surface area (Å²) < 4.78 is 5.38. The lowest BCUT2D eigenvalue weighted by Crippen LogP contribution is -3.00. The van der Waals surface area contributed by atoms with E-state index in [1.54, 1.807) is 0 Å². The molecule has 5 heteroatoms. The number of benzene rings is 2. The Balaban J connectivity index is 0.00000208. The van der Waals surface area contributed by atoms with Crippen LogP contribution in [0.5, 0.6) is 0 Å². The number of fused-ring (bicyclic) bond motifs is 1. The van der Waals surface area contributed by atoms with E-state index in [9.17, 15) is 0 Å². The summed E-state index contributed by atoms with van der Waals surface area (Å²) in [5, 5.41) is 4.47. The monoisotopic (exact) mass is 342 g/mol. The molecule has 0 spiro atoms. The van der Waals surface area contributed by atoms with Crippen LogP contribution >= 0.6 is 0 Å². The molecule has 0 unspecified atom stereocenters. The highest BCUT2D eigenvalue weighted by molar-refractivity contribution is 5.90. The van der Waals surface area contributed by atoms with E-state index >= 15 is 0 Å². The molecule has 0 amide bonds. The van der Waals surface area contributed by atoms with Crippen LogP contribution in [0.25, 0.3) is 22.3 Å². The maximum atomic E-state index is 5.38. The Hall–Kier alpha value is -2.17. The van der Waals surface area contributed by atoms with E-state index in [1.807, 2.05) is 55.5 Å². The van der Waals surface area contributed by atoms with Gasteiger partial charge >= 0.3 is 0 Å². The maximum Gasteiger partial charge on any atom is 0.162 e. The van der Waals surface area contributed by atoms with Crippen molar-refractivity contribution in [3.63, 3.8) is 0 Å². The quantitative estimate of drug-likeness (QED) is 0.654. The molecule has 1 N–H and O–H groups in total. The van der Waals surface area contributed by atoms with Crippen LogP contribution in [0.4, 0.5) is 5.82 Å².